The molecule has 7 nitrogen and oxygen atoms in total. The van der Waals surface area contributed by atoms with E-state index < -0.39 is 22.0 Å². The van der Waals surface area contributed by atoms with E-state index in [-0.39, 0.29) is 5.56 Å². The number of carbonyl (C=O) groups is 1. The highest BCUT2D eigenvalue weighted by atomic mass is 32.2. The average Bonchev–Trinajstić information content (AvgIpc) is 2.85. The van der Waals surface area contributed by atoms with E-state index in [1.165, 1.54) is 5.56 Å². The van der Waals surface area contributed by atoms with Gasteiger partial charge in [0.05, 0.1) is 17.9 Å². The fourth-order valence-corrected chi connectivity index (χ4v) is 4.13. The number of hydrogen-bond donors (Lipinski definition) is 4. The molecule has 0 radical (unpaired) electrons. The van der Waals surface area contributed by atoms with Gasteiger partial charge in [0.25, 0.3) is 5.91 Å². The smallest absolute Gasteiger partial charge is 0.266 e. The van der Waals surface area contributed by atoms with Crippen LogP contribution in [-0.4, -0.2) is 45.3 Å². The molecule has 3 rings (SSSR count). The van der Waals surface area contributed by atoms with Gasteiger partial charge in [0.15, 0.2) is 0 Å². The Balaban J connectivity index is 1.62. The van der Waals surface area contributed by atoms with Crippen LogP contribution < -0.4 is 15.4 Å². The van der Waals surface area contributed by atoms with Crippen LogP contribution in [0.1, 0.15) is 40.9 Å². The van der Waals surface area contributed by atoms with Gasteiger partial charge in [-0.15, -0.1) is 0 Å². The lowest BCUT2D eigenvalue weighted by Gasteiger charge is -2.14. The minimum absolute atomic E-state index is 0.285. The van der Waals surface area contributed by atoms with Crippen molar-refractivity contribution >= 4 is 21.6 Å². The molecule has 1 atom stereocenters. The highest BCUT2D eigenvalue weighted by Gasteiger charge is 2.16. The Hall–Kier alpha value is -3.20. The Kier molecular flexibility index (Phi) is 9.42. The van der Waals surface area contributed by atoms with Crippen LogP contribution in [0.3, 0.4) is 0 Å². The first-order valence-electron chi connectivity index (χ1n) is 11.7. The first-order chi connectivity index (χ1) is 16.8. The minimum atomic E-state index is -3.65. The van der Waals surface area contributed by atoms with Crippen LogP contribution in [0.4, 0.5) is 5.69 Å². The fourth-order valence-electron chi connectivity index (χ4n) is 3.68. The summed E-state index contributed by atoms with van der Waals surface area (Å²) in [6, 6.07) is 23.1. The van der Waals surface area contributed by atoms with Crippen LogP contribution in [-0.2, 0) is 16.4 Å². The zero-order valence-electron chi connectivity index (χ0n) is 20.1. The number of sulfonamides is 1. The molecule has 1 amide bonds. The first-order valence-corrected chi connectivity index (χ1v) is 13.6. The number of hydrogen-bond acceptors (Lipinski definition) is 6. The largest absolute Gasteiger partial charge is 0.387 e. The Labute approximate surface area is 207 Å². The van der Waals surface area contributed by atoms with Crippen molar-refractivity contribution in [3.8, 4) is 11.1 Å². The Morgan fingerprint density at radius 2 is 1.63 bits per heavy atom. The third kappa shape index (κ3) is 8.20. The number of aliphatic hydroxyl groups is 1. The normalized spacial score (nSPS) is 12.2. The number of aliphatic hydroxyl groups excluding tert-OH is 1. The molecule has 0 aliphatic carbocycles. The van der Waals surface area contributed by atoms with E-state index in [1.807, 2.05) is 66.2 Å². The molecule has 3 aromatic rings. The number of anilines is 1. The van der Waals surface area contributed by atoms with Gasteiger partial charge in [-0.1, -0.05) is 67.6 Å². The van der Waals surface area contributed by atoms with Gasteiger partial charge in [-0.3, -0.25) is 4.79 Å². The zero-order chi connectivity index (χ0) is 25.3. The van der Waals surface area contributed by atoms with Gasteiger partial charge in [0, 0.05) is 18.8 Å². The predicted octanol–water partition coefficient (Wildman–Crippen LogP) is 3.73. The van der Waals surface area contributed by atoms with Crippen LogP contribution >= 0.6 is 0 Å². The summed E-state index contributed by atoms with van der Waals surface area (Å²) in [6.45, 7) is 3.92. The van der Waals surface area contributed by atoms with Crippen LogP contribution in [0.5, 0.6) is 0 Å². The maximum absolute atomic E-state index is 12.4. The maximum atomic E-state index is 12.4. The molecule has 3 aromatic carbocycles. The van der Waals surface area contributed by atoms with Gasteiger partial charge in [-0.25, -0.2) is 13.1 Å². The fraction of sp³-hybridized carbons (Fsp3) is 0.296. The van der Waals surface area contributed by atoms with E-state index in [1.54, 1.807) is 6.07 Å². The highest BCUT2D eigenvalue weighted by Crippen LogP contribution is 2.26. The van der Waals surface area contributed by atoms with Crippen LogP contribution in [0.2, 0.25) is 0 Å². The SMILES string of the molecule is CCCNc1cc(-c2ccc(CCNC[C@@H](O)c3ccccc3)cc2)ccc1C(=O)NS(C)(=O)=O. The van der Waals surface area contributed by atoms with Gasteiger partial charge in [0.1, 0.15) is 0 Å². The molecule has 0 aliphatic heterocycles. The van der Waals surface area contributed by atoms with Gasteiger partial charge < -0.3 is 15.7 Å². The number of rotatable bonds is 12. The summed E-state index contributed by atoms with van der Waals surface area (Å²) in [5.41, 5.74) is 4.87. The molecule has 8 heteroatoms. The molecule has 0 heterocycles. The molecule has 0 saturated carbocycles. The van der Waals surface area contributed by atoms with Crippen molar-refractivity contribution in [2.45, 2.75) is 25.9 Å². The van der Waals surface area contributed by atoms with E-state index in [0.717, 1.165) is 42.3 Å². The third-order valence-electron chi connectivity index (χ3n) is 5.51. The average molecular weight is 496 g/mol. The summed E-state index contributed by atoms with van der Waals surface area (Å²) in [5, 5.41) is 16.8. The van der Waals surface area contributed by atoms with E-state index in [9.17, 15) is 18.3 Å². The second-order valence-corrected chi connectivity index (χ2v) is 10.2. The lowest BCUT2D eigenvalue weighted by molar-refractivity contribution is 0.0982. The summed E-state index contributed by atoms with van der Waals surface area (Å²) in [6.07, 6.45) is 2.12. The van der Waals surface area contributed by atoms with Gasteiger partial charge in [-0.2, -0.15) is 0 Å². The highest BCUT2D eigenvalue weighted by molar-refractivity contribution is 7.89. The van der Waals surface area contributed by atoms with Crippen LogP contribution in [0.25, 0.3) is 11.1 Å². The van der Waals surface area contributed by atoms with Crippen molar-refractivity contribution in [2.24, 2.45) is 0 Å². The monoisotopic (exact) mass is 495 g/mol. The number of benzene rings is 3. The van der Waals surface area contributed by atoms with Crippen molar-refractivity contribution in [2.75, 3.05) is 31.2 Å². The summed E-state index contributed by atoms with van der Waals surface area (Å²) in [5.74, 6) is -0.655. The molecule has 0 spiro atoms. The second-order valence-electron chi connectivity index (χ2n) is 8.47. The second kappa shape index (κ2) is 12.5. The topological polar surface area (TPSA) is 108 Å². The van der Waals surface area contributed by atoms with Crippen molar-refractivity contribution < 1.29 is 18.3 Å². The molecule has 0 aromatic heterocycles. The number of carbonyl (C=O) groups excluding carboxylic acids is 1. The molecule has 186 valence electrons. The third-order valence-corrected chi connectivity index (χ3v) is 6.06. The van der Waals surface area contributed by atoms with E-state index in [2.05, 4.69) is 22.8 Å². The molecular formula is C27H33N3O4S. The first kappa shape index (κ1) is 26.4. The standard InChI is InChI=1S/C27H33N3O4S/c1-3-16-29-25-18-23(13-14-24(25)27(32)30-35(2,33)34)21-11-9-20(10-12-21)15-17-28-19-26(31)22-7-5-4-6-8-22/h4-14,18,26,28-29,31H,3,15-17,19H2,1-2H3,(H,30,32)/t26-/m1/s1. The minimum Gasteiger partial charge on any atom is -0.387 e. The lowest BCUT2D eigenvalue weighted by Crippen LogP contribution is -2.30. The molecule has 35 heavy (non-hydrogen) atoms. The summed E-state index contributed by atoms with van der Waals surface area (Å²) >= 11 is 0. The maximum Gasteiger partial charge on any atom is 0.266 e. The van der Waals surface area contributed by atoms with E-state index >= 15 is 0 Å². The number of nitrogens with one attached hydrogen (secondary N) is 3. The van der Waals surface area contributed by atoms with E-state index in [4.69, 9.17) is 0 Å². The van der Waals surface area contributed by atoms with Crippen molar-refractivity contribution in [3.05, 3.63) is 89.5 Å². The van der Waals surface area contributed by atoms with Crippen molar-refractivity contribution in [3.63, 3.8) is 0 Å². The summed E-state index contributed by atoms with van der Waals surface area (Å²) < 4.78 is 25.0. The van der Waals surface area contributed by atoms with Gasteiger partial charge in [0.2, 0.25) is 10.0 Å². The van der Waals surface area contributed by atoms with Crippen LogP contribution in [0, 0.1) is 0 Å². The van der Waals surface area contributed by atoms with Gasteiger partial charge >= 0.3 is 0 Å². The Morgan fingerprint density at radius 3 is 2.29 bits per heavy atom. The van der Waals surface area contributed by atoms with Crippen molar-refractivity contribution in [1.82, 2.24) is 10.0 Å². The molecule has 0 aliphatic rings. The van der Waals surface area contributed by atoms with Crippen LogP contribution in [0.15, 0.2) is 72.8 Å². The van der Waals surface area contributed by atoms with Gasteiger partial charge in [-0.05, 0) is 53.8 Å². The number of amides is 1. The molecule has 0 fully saturated rings. The quantitative estimate of drug-likeness (QED) is 0.285. The molecule has 0 saturated heterocycles. The van der Waals surface area contributed by atoms with Crippen molar-refractivity contribution in [1.29, 1.82) is 0 Å². The molecule has 0 bridgehead atoms. The predicted molar refractivity (Wildman–Crippen MR) is 141 cm³/mol. The zero-order valence-corrected chi connectivity index (χ0v) is 20.9. The molecular weight excluding hydrogens is 462 g/mol. The summed E-state index contributed by atoms with van der Waals surface area (Å²) in [4.78, 5) is 12.4. The molecule has 4 N–H and O–H groups in total. The Morgan fingerprint density at radius 1 is 0.943 bits per heavy atom. The Bertz CT molecular complexity index is 1210. The summed E-state index contributed by atoms with van der Waals surface area (Å²) in [7, 11) is -3.65. The molecule has 0 unspecified atom stereocenters. The van der Waals surface area contributed by atoms with E-state index in [0.29, 0.717) is 18.8 Å². The lowest BCUT2D eigenvalue weighted by atomic mass is 10.00.